The lowest BCUT2D eigenvalue weighted by molar-refractivity contribution is -0.123. The van der Waals surface area contributed by atoms with E-state index in [1.807, 2.05) is 0 Å². The van der Waals surface area contributed by atoms with Gasteiger partial charge in [0.2, 0.25) is 0 Å². The lowest BCUT2D eigenvalue weighted by atomic mass is 9.54. The van der Waals surface area contributed by atoms with E-state index in [2.05, 4.69) is 34.6 Å². The van der Waals surface area contributed by atoms with E-state index in [0.717, 1.165) is 48.3 Å². The van der Waals surface area contributed by atoms with Crippen LogP contribution in [0.5, 0.6) is 0 Å². The Labute approximate surface area is 176 Å². The Morgan fingerprint density at radius 2 is 1.82 bits per heavy atom. The summed E-state index contributed by atoms with van der Waals surface area (Å²) in [6.07, 6.45) is 14.5. The van der Waals surface area contributed by atoms with Gasteiger partial charge in [-0.05, 0) is 97.2 Å². The Morgan fingerprint density at radius 1 is 1.04 bits per heavy atom. The molecule has 28 heavy (non-hydrogen) atoms. The van der Waals surface area contributed by atoms with E-state index >= 15 is 0 Å². The van der Waals surface area contributed by atoms with E-state index in [-0.39, 0.29) is 10.8 Å². The lowest BCUT2D eigenvalue weighted by Crippen LogP contribution is -2.44. The Hall–Kier alpha value is -0.330. The summed E-state index contributed by atoms with van der Waals surface area (Å²) in [6, 6.07) is 0. The van der Waals surface area contributed by atoms with Gasteiger partial charge in [-0.25, -0.2) is 0 Å². The van der Waals surface area contributed by atoms with Gasteiger partial charge in [0, 0.05) is 6.79 Å². The highest BCUT2D eigenvalue weighted by molar-refractivity contribution is 5.64. The van der Waals surface area contributed by atoms with Gasteiger partial charge >= 0.3 is 0 Å². The van der Waals surface area contributed by atoms with E-state index < -0.39 is 0 Å². The summed E-state index contributed by atoms with van der Waals surface area (Å²) in [5, 5.41) is 0. The van der Waals surface area contributed by atoms with Crippen LogP contribution in [0, 0.1) is 57.7 Å². The molecule has 1 nitrogen and oxygen atoms in total. The average molecular weight is 388 g/mol. The summed E-state index contributed by atoms with van der Waals surface area (Å²) >= 11 is 0. The van der Waals surface area contributed by atoms with Crippen molar-refractivity contribution >= 4 is 6.29 Å². The summed E-state index contributed by atoms with van der Waals surface area (Å²) in [5.74, 6) is 5.17. The third-order valence-electron chi connectivity index (χ3n) is 11.0. The zero-order chi connectivity index (χ0) is 21.0. The largest absolute Gasteiger partial charge is 0.303 e. The van der Waals surface area contributed by atoms with E-state index in [1.54, 1.807) is 0 Å². The first-order valence-corrected chi connectivity index (χ1v) is 12.5. The van der Waals surface area contributed by atoms with Crippen LogP contribution in [0.4, 0.5) is 0 Å². The minimum absolute atomic E-state index is 0.174. The molecule has 4 fully saturated rings. The third-order valence-corrected chi connectivity index (χ3v) is 11.0. The molecule has 4 rings (SSSR count). The Morgan fingerprint density at radius 3 is 2.50 bits per heavy atom. The van der Waals surface area contributed by atoms with Gasteiger partial charge in [-0.3, -0.25) is 0 Å². The fraction of sp³-hybridized carbons (Fsp3) is 0.963. The Kier molecular flexibility index (Phi) is 4.99. The molecule has 0 amide bonds. The van der Waals surface area contributed by atoms with Crippen molar-refractivity contribution in [3.05, 3.63) is 0 Å². The van der Waals surface area contributed by atoms with E-state index in [1.165, 1.54) is 57.7 Å². The predicted molar refractivity (Wildman–Crippen MR) is 118 cm³/mol. The molecular formula is C27H46O. The van der Waals surface area contributed by atoms with Crippen LogP contribution >= 0.6 is 0 Å². The normalized spacial score (nSPS) is 51.5. The molecule has 0 unspecified atom stereocenters. The second-order valence-electron chi connectivity index (χ2n) is 12.4. The summed E-state index contributed by atoms with van der Waals surface area (Å²) in [6.45, 7) is 12.8. The second kappa shape index (κ2) is 7.12. The van der Waals surface area contributed by atoms with Gasteiger partial charge in [0.25, 0.3) is 0 Å². The molecule has 0 spiro atoms. The minimum Gasteiger partial charge on any atom is -0.303 e. The molecule has 1 heteroatoms. The molecule has 0 aliphatic heterocycles. The van der Waals surface area contributed by atoms with Crippen molar-refractivity contribution in [1.82, 2.24) is 0 Å². The second-order valence-corrected chi connectivity index (χ2v) is 12.4. The number of carbonyl (C=O) groups excluding carboxylic acids is 1. The molecule has 4 aliphatic rings. The van der Waals surface area contributed by atoms with Crippen molar-refractivity contribution < 1.29 is 6.17 Å². The molecule has 0 saturated heterocycles. The average Bonchev–Trinajstić information content (AvgIpc) is 3.24. The van der Waals surface area contributed by atoms with Gasteiger partial charge in [-0.2, -0.15) is 0 Å². The molecule has 0 aromatic heterocycles. The van der Waals surface area contributed by atoms with Crippen LogP contribution in [0.25, 0.3) is 0 Å². The van der Waals surface area contributed by atoms with Crippen molar-refractivity contribution in [3.63, 3.8) is 0 Å². The summed E-state index contributed by atoms with van der Waals surface area (Å²) < 4.78 is 8.14. The fourth-order valence-corrected chi connectivity index (χ4v) is 9.42. The first-order chi connectivity index (χ1) is 13.7. The van der Waals surface area contributed by atoms with Gasteiger partial charge in [-0.15, -0.1) is 0 Å². The number of rotatable bonds is 6. The van der Waals surface area contributed by atoms with Crippen LogP contribution in [-0.2, 0) is 4.79 Å². The molecule has 9 atom stereocenters. The van der Waals surface area contributed by atoms with Crippen LogP contribution in [0.1, 0.15) is 107 Å². The third kappa shape index (κ3) is 2.73. The quantitative estimate of drug-likeness (QED) is 0.430. The number of carbonyl (C=O) groups is 1. The number of hydrogen-bond acceptors (Lipinski definition) is 1. The highest BCUT2D eigenvalue weighted by atomic mass is 16.1. The maximum Gasteiger partial charge on any atom is 0.126 e. The molecule has 4 saturated carbocycles. The van der Waals surface area contributed by atoms with Crippen molar-refractivity contribution in [2.45, 2.75) is 106 Å². The molecule has 0 N–H and O–H groups in total. The monoisotopic (exact) mass is 387 g/mol. The minimum atomic E-state index is -0.184. The fourth-order valence-electron chi connectivity index (χ4n) is 9.42. The van der Waals surface area contributed by atoms with Crippen LogP contribution < -0.4 is 0 Å². The molecule has 4 aliphatic carbocycles. The maximum absolute atomic E-state index is 12.6. The molecule has 0 bridgehead atoms. The first-order valence-electron chi connectivity index (χ1n) is 13.2. The van der Waals surface area contributed by atoms with Crippen LogP contribution in [0.2, 0.25) is 0 Å². The number of fused-ring (bicyclic) bond motifs is 5. The standard InChI is InChI=1S/C27H46O/c1-18(2)8-7-9-19(3)22-10-11-23-21-16-27(17-28)20(4)12-15-26(27,6)24(21)13-14-25(22,23)5/h17-24H,7-16H2,1-6H3/t19-,20+,21+,22-,23+,24+,25-,26-,27+/m1/s1/i4D. The molecule has 0 radical (unpaired) electrons. The Bertz CT molecular complexity index is 616. The van der Waals surface area contributed by atoms with Crippen molar-refractivity contribution in [2.24, 2.45) is 57.7 Å². The zero-order valence-electron chi connectivity index (χ0n) is 20.3. The summed E-state index contributed by atoms with van der Waals surface area (Å²) in [4.78, 5) is 12.6. The van der Waals surface area contributed by atoms with E-state index in [0.29, 0.717) is 18.2 Å². The number of aldehydes is 1. The zero-order valence-corrected chi connectivity index (χ0v) is 19.3. The highest BCUT2D eigenvalue weighted by Gasteiger charge is 2.70. The smallest absolute Gasteiger partial charge is 0.126 e. The summed E-state index contributed by atoms with van der Waals surface area (Å²) in [5.41, 5.74) is 0.484. The predicted octanol–water partition coefficient (Wildman–Crippen LogP) is 7.53. The molecule has 160 valence electrons. The molecular weight excluding hydrogens is 340 g/mol. The van der Waals surface area contributed by atoms with E-state index in [9.17, 15) is 4.79 Å². The van der Waals surface area contributed by atoms with E-state index in [4.69, 9.17) is 1.37 Å². The van der Waals surface area contributed by atoms with Gasteiger partial charge < -0.3 is 4.79 Å². The van der Waals surface area contributed by atoms with Crippen LogP contribution in [0.3, 0.4) is 0 Å². The lowest BCUT2D eigenvalue weighted by Gasteiger charge is -2.50. The van der Waals surface area contributed by atoms with Crippen molar-refractivity contribution in [2.75, 3.05) is 0 Å². The molecule has 0 heterocycles. The first kappa shape index (κ1) is 19.6. The topological polar surface area (TPSA) is 17.1 Å². The van der Waals surface area contributed by atoms with Crippen LogP contribution in [-0.4, -0.2) is 6.29 Å². The van der Waals surface area contributed by atoms with Gasteiger partial charge in [-0.1, -0.05) is 60.8 Å². The molecule has 0 aromatic carbocycles. The SMILES string of the molecule is [2H]C[C@H]1CC[C@]2(C)[C@H]3CC[C@]4(C)[C@@H]([C@H](C)CCCC(C)C)CC[C@H]4[C@@H]3C[C@]12C=O. The van der Waals surface area contributed by atoms with Gasteiger partial charge in [0.1, 0.15) is 6.29 Å². The van der Waals surface area contributed by atoms with Gasteiger partial charge in [0.15, 0.2) is 0 Å². The van der Waals surface area contributed by atoms with Crippen LogP contribution in [0.15, 0.2) is 0 Å². The van der Waals surface area contributed by atoms with Crippen molar-refractivity contribution in [1.29, 1.82) is 0 Å². The van der Waals surface area contributed by atoms with Gasteiger partial charge in [0.05, 0.1) is 0 Å². The number of hydrogen-bond donors (Lipinski definition) is 0. The molecule has 0 aromatic rings. The van der Waals surface area contributed by atoms with Crippen molar-refractivity contribution in [3.8, 4) is 0 Å². The Balaban J connectivity index is 1.54. The maximum atomic E-state index is 12.6. The summed E-state index contributed by atoms with van der Waals surface area (Å²) in [7, 11) is 0. The highest BCUT2D eigenvalue weighted by Crippen LogP contribution is 2.75.